The van der Waals surface area contributed by atoms with Crippen LogP contribution in [0.5, 0.6) is 5.75 Å². The van der Waals surface area contributed by atoms with Crippen LogP contribution in [0, 0.1) is 0 Å². The van der Waals surface area contributed by atoms with Crippen LogP contribution in [-0.2, 0) is 4.79 Å². The zero-order valence-electron chi connectivity index (χ0n) is 13.5. The Bertz CT molecular complexity index is 670. The largest absolute Gasteiger partial charge is 0.496 e. The fourth-order valence-electron chi connectivity index (χ4n) is 2.18. The first kappa shape index (κ1) is 17.1. The number of hydrogen-bond donors (Lipinski definition) is 1. The Kier molecular flexibility index (Phi) is 5.86. The maximum Gasteiger partial charge on any atom is 0.233 e. The lowest BCUT2D eigenvalue weighted by molar-refractivity contribution is -0.127. The SMILES string of the molecule is CCN(CC)C(=O)CSc1nnc(-c2ccccc2OC)n1N. The summed E-state index contributed by atoms with van der Waals surface area (Å²) in [5, 5.41) is 8.69. The fraction of sp³-hybridized carbons (Fsp3) is 0.400. The highest BCUT2D eigenvalue weighted by Gasteiger charge is 2.17. The van der Waals surface area contributed by atoms with Crippen molar-refractivity contribution in [2.75, 3.05) is 31.8 Å². The average Bonchev–Trinajstić information content (AvgIpc) is 2.94. The van der Waals surface area contributed by atoms with Crippen LogP contribution in [0.15, 0.2) is 29.4 Å². The summed E-state index contributed by atoms with van der Waals surface area (Å²) < 4.78 is 6.71. The molecule has 0 radical (unpaired) electrons. The molecule has 0 aliphatic heterocycles. The van der Waals surface area contributed by atoms with Crippen LogP contribution in [0.2, 0.25) is 0 Å². The number of thioether (sulfide) groups is 1. The Labute approximate surface area is 139 Å². The Morgan fingerprint density at radius 1 is 1.30 bits per heavy atom. The second-order valence-electron chi connectivity index (χ2n) is 4.73. The van der Waals surface area contributed by atoms with Gasteiger partial charge in [0.1, 0.15) is 5.75 Å². The van der Waals surface area contributed by atoms with Crippen molar-refractivity contribution < 1.29 is 9.53 Å². The summed E-state index contributed by atoms with van der Waals surface area (Å²) in [6.07, 6.45) is 0. The van der Waals surface area contributed by atoms with Gasteiger partial charge in [-0.15, -0.1) is 10.2 Å². The van der Waals surface area contributed by atoms with E-state index in [1.807, 2.05) is 38.1 Å². The Balaban J connectivity index is 2.15. The maximum atomic E-state index is 12.1. The third-order valence-corrected chi connectivity index (χ3v) is 4.38. The molecule has 0 saturated carbocycles. The van der Waals surface area contributed by atoms with E-state index in [0.29, 0.717) is 29.8 Å². The molecule has 0 spiro atoms. The standard InChI is InChI=1S/C15H21N5O2S/c1-4-19(5-2)13(21)10-23-15-18-17-14(20(15)16)11-8-6-7-9-12(11)22-3/h6-9H,4-5,10,16H2,1-3H3. The van der Waals surface area contributed by atoms with E-state index in [1.54, 1.807) is 12.0 Å². The van der Waals surface area contributed by atoms with E-state index in [9.17, 15) is 4.79 Å². The number of hydrogen-bond acceptors (Lipinski definition) is 6. The zero-order valence-corrected chi connectivity index (χ0v) is 14.3. The van der Waals surface area contributed by atoms with E-state index < -0.39 is 0 Å². The van der Waals surface area contributed by atoms with Crippen molar-refractivity contribution >= 4 is 17.7 Å². The minimum absolute atomic E-state index is 0.0573. The van der Waals surface area contributed by atoms with E-state index in [2.05, 4.69) is 10.2 Å². The molecule has 0 unspecified atom stereocenters. The van der Waals surface area contributed by atoms with Crippen molar-refractivity contribution in [2.24, 2.45) is 0 Å². The summed E-state index contributed by atoms with van der Waals surface area (Å²) in [6, 6.07) is 7.45. The van der Waals surface area contributed by atoms with Gasteiger partial charge in [0.05, 0.1) is 18.4 Å². The highest BCUT2D eigenvalue weighted by atomic mass is 32.2. The molecule has 1 aromatic carbocycles. The second-order valence-corrected chi connectivity index (χ2v) is 5.67. The lowest BCUT2D eigenvalue weighted by Gasteiger charge is -2.17. The van der Waals surface area contributed by atoms with Crippen LogP contribution in [0.4, 0.5) is 0 Å². The number of carbonyl (C=O) groups excluding carboxylic acids is 1. The van der Waals surface area contributed by atoms with Crippen molar-refractivity contribution in [1.82, 2.24) is 19.8 Å². The average molecular weight is 335 g/mol. The van der Waals surface area contributed by atoms with E-state index in [1.165, 1.54) is 16.4 Å². The Morgan fingerprint density at radius 2 is 2.00 bits per heavy atom. The summed E-state index contributed by atoms with van der Waals surface area (Å²) in [4.78, 5) is 13.8. The summed E-state index contributed by atoms with van der Waals surface area (Å²) in [6.45, 7) is 5.30. The van der Waals surface area contributed by atoms with E-state index in [-0.39, 0.29) is 11.7 Å². The van der Waals surface area contributed by atoms with Gasteiger partial charge >= 0.3 is 0 Å². The van der Waals surface area contributed by atoms with Crippen molar-refractivity contribution in [3.63, 3.8) is 0 Å². The number of nitrogens with zero attached hydrogens (tertiary/aromatic N) is 4. The van der Waals surface area contributed by atoms with Crippen LogP contribution in [0.3, 0.4) is 0 Å². The molecule has 0 fully saturated rings. The molecule has 2 N–H and O–H groups in total. The molecule has 1 amide bonds. The molecule has 1 aromatic heterocycles. The molecular formula is C15H21N5O2S. The summed E-state index contributed by atoms with van der Waals surface area (Å²) in [5.41, 5.74) is 0.756. The number of nitrogens with two attached hydrogens (primary N) is 1. The number of rotatable bonds is 7. The maximum absolute atomic E-state index is 12.1. The number of aromatic nitrogens is 3. The number of methoxy groups -OCH3 is 1. The van der Waals surface area contributed by atoms with Gasteiger partial charge in [-0.25, -0.2) is 4.68 Å². The van der Waals surface area contributed by atoms with Gasteiger partial charge in [0.25, 0.3) is 0 Å². The predicted molar refractivity (Wildman–Crippen MR) is 90.8 cm³/mol. The smallest absolute Gasteiger partial charge is 0.233 e. The quantitative estimate of drug-likeness (QED) is 0.611. The molecule has 0 aliphatic rings. The predicted octanol–water partition coefficient (Wildman–Crippen LogP) is 1.63. The third kappa shape index (κ3) is 3.76. The zero-order chi connectivity index (χ0) is 16.8. The number of benzene rings is 1. The molecular weight excluding hydrogens is 314 g/mol. The number of carbonyl (C=O) groups is 1. The van der Waals surface area contributed by atoms with E-state index in [4.69, 9.17) is 10.6 Å². The van der Waals surface area contributed by atoms with Gasteiger partial charge in [-0.05, 0) is 26.0 Å². The van der Waals surface area contributed by atoms with E-state index in [0.717, 1.165) is 5.56 Å². The molecule has 7 nitrogen and oxygen atoms in total. The summed E-state index contributed by atoms with van der Waals surface area (Å²) >= 11 is 1.28. The van der Waals surface area contributed by atoms with Crippen LogP contribution >= 0.6 is 11.8 Å². The first-order chi connectivity index (χ1) is 11.1. The highest BCUT2D eigenvalue weighted by Crippen LogP contribution is 2.29. The van der Waals surface area contributed by atoms with Crippen LogP contribution < -0.4 is 10.6 Å². The second kappa shape index (κ2) is 7.87. The van der Waals surface area contributed by atoms with Crippen LogP contribution in [-0.4, -0.2) is 51.6 Å². The molecule has 124 valence electrons. The molecule has 2 aromatic rings. The topological polar surface area (TPSA) is 86.3 Å². The molecule has 8 heteroatoms. The first-order valence-electron chi connectivity index (χ1n) is 7.36. The molecule has 0 saturated heterocycles. The Morgan fingerprint density at radius 3 is 2.65 bits per heavy atom. The Hall–Kier alpha value is -2.22. The molecule has 2 rings (SSSR count). The number of amides is 1. The van der Waals surface area contributed by atoms with Gasteiger partial charge in [-0.3, -0.25) is 4.79 Å². The summed E-state index contributed by atoms with van der Waals surface area (Å²) in [5.74, 6) is 7.58. The number of nitrogen functional groups attached to an aromatic ring is 1. The van der Waals surface area contributed by atoms with Crippen LogP contribution in [0.1, 0.15) is 13.8 Å². The van der Waals surface area contributed by atoms with Gasteiger partial charge < -0.3 is 15.5 Å². The van der Waals surface area contributed by atoms with Gasteiger partial charge in [-0.2, -0.15) is 0 Å². The fourth-order valence-corrected chi connectivity index (χ4v) is 2.94. The van der Waals surface area contributed by atoms with Crippen molar-refractivity contribution in [1.29, 1.82) is 0 Å². The minimum atomic E-state index is 0.0573. The lowest BCUT2D eigenvalue weighted by Crippen LogP contribution is -2.32. The third-order valence-electron chi connectivity index (χ3n) is 3.45. The minimum Gasteiger partial charge on any atom is -0.496 e. The number of ether oxygens (including phenoxy) is 1. The first-order valence-corrected chi connectivity index (χ1v) is 8.35. The van der Waals surface area contributed by atoms with Gasteiger partial charge in [0.2, 0.25) is 11.1 Å². The molecule has 0 bridgehead atoms. The molecule has 23 heavy (non-hydrogen) atoms. The molecule has 0 atom stereocenters. The lowest BCUT2D eigenvalue weighted by atomic mass is 10.2. The van der Waals surface area contributed by atoms with Crippen molar-refractivity contribution in [3.8, 4) is 17.1 Å². The normalized spacial score (nSPS) is 10.6. The molecule has 0 aliphatic carbocycles. The van der Waals surface area contributed by atoms with Gasteiger partial charge in [-0.1, -0.05) is 23.9 Å². The monoisotopic (exact) mass is 335 g/mol. The molecule has 1 heterocycles. The van der Waals surface area contributed by atoms with Crippen LogP contribution in [0.25, 0.3) is 11.4 Å². The number of para-hydroxylation sites is 1. The van der Waals surface area contributed by atoms with Crippen molar-refractivity contribution in [2.45, 2.75) is 19.0 Å². The highest BCUT2D eigenvalue weighted by molar-refractivity contribution is 7.99. The van der Waals surface area contributed by atoms with E-state index >= 15 is 0 Å². The van der Waals surface area contributed by atoms with Crippen molar-refractivity contribution in [3.05, 3.63) is 24.3 Å². The van der Waals surface area contributed by atoms with Gasteiger partial charge in [0, 0.05) is 13.1 Å². The van der Waals surface area contributed by atoms with Gasteiger partial charge in [0.15, 0.2) is 5.82 Å². The summed E-state index contributed by atoms with van der Waals surface area (Å²) in [7, 11) is 1.59.